The predicted molar refractivity (Wildman–Crippen MR) is 128 cm³/mol. The van der Waals surface area contributed by atoms with Gasteiger partial charge < -0.3 is 8.98 Å². The first-order valence-corrected chi connectivity index (χ1v) is 12.0. The second-order valence-corrected chi connectivity index (χ2v) is 10.9. The molecule has 9 rings (SSSR count). The monoisotopic (exact) mass is 405 g/mol. The van der Waals surface area contributed by atoms with Crippen molar-refractivity contribution in [1.82, 2.24) is 4.57 Å². The molecule has 0 atom stereocenters. The summed E-state index contributed by atoms with van der Waals surface area (Å²) in [6.07, 6.45) is 8.68. The smallest absolute Gasteiger partial charge is 0.145 e. The van der Waals surface area contributed by atoms with E-state index < -0.39 is 0 Å². The molecule has 4 saturated carbocycles. The van der Waals surface area contributed by atoms with Crippen LogP contribution in [0.1, 0.15) is 44.1 Å². The zero-order valence-corrected chi connectivity index (χ0v) is 18.0. The van der Waals surface area contributed by atoms with Crippen molar-refractivity contribution in [3.05, 3.63) is 60.2 Å². The Hall–Kier alpha value is -2.74. The molecule has 2 nitrogen and oxygen atoms in total. The molecule has 2 heterocycles. The van der Waals surface area contributed by atoms with Crippen LogP contribution in [0.15, 0.2) is 59.0 Å². The molecule has 2 heteroatoms. The molecular weight excluding hydrogens is 378 g/mol. The van der Waals surface area contributed by atoms with Gasteiger partial charge in [-0.1, -0.05) is 36.4 Å². The number of aromatic nitrogens is 1. The van der Waals surface area contributed by atoms with Crippen LogP contribution < -0.4 is 0 Å². The highest BCUT2D eigenvalue weighted by atomic mass is 16.3. The third-order valence-corrected chi connectivity index (χ3v) is 9.14. The number of fused-ring (bicyclic) bond motifs is 7. The van der Waals surface area contributed by atoms with E-state index in [0.717, 1.165) is 28.9 Å². The maximum absolute atomic E-state index is 6.46. The zero-order valence-electron chi connectivity index (χ0n) is 18.0. The van der Waals surface area contributed by atoms with Crippen LogP contribution in [0.25, 0.3) is 43.7 Å². The molecule has 31 heavy (non-hydrogen) atoms. The Balaban J connectivity index is 1.48. The summed E-state index contributed by atoms with van der Waals surface area (Å²) in [7, 11) is 2.27. The molecule has 4 fully saturated rings. The molecule has 0 radical (unpaired) electrons. The number of para-hydroxylation sites is 2. The number of rotatable bonds is 1. The topological polar surface area (TPSA) is 18.1 Å². The lowest BCUT2D eigenvalue weighted by molar-refractivity contribution is -0.00462. The van der Waals surface area contributed by atoms with Crippen LogP contribution in [0.4, 0.5) is 0 Å². The Labute approximate surface area is 181 Å². The average Bonchev–Trinajstić information content (AvgIpc) is 3.28. The summed E-state index contributed by atoms with van der Waals surface area (Å²) in [6.45, 7) is 0. The predicted octanol–water partition coefficient (Wildman–Crippen LogP) is 7.70. The van der Waals surface area contributed by atoms with E-state index in [0.29, 0.717) is 5.41 Å². The summed E-state index contributed by atoms with van der Waals surface area (Å²) in [6, 6.07) is 20.1. The van der Waals surface area contributed by atoms with Crippen molar-refractivity contribution >= 4 is 43.7 Å². The standard InChI is InChI=1S/C29H27NO/c1-30-24-10-9-21-20-5-2-3-8-25(20)31-28(21)26(24)22-6-4-7-23(27(22)30)29-14-17-11-18(15-29)13-19(12-17)16-29/h2-10,17-19H,11-16H2,1H3. The fraction of sp³-hybridized carbons (Fsp3) is 0.379. The Kier molecular flexibility index (Phi) is 3.02. The van der Waals surface area contributed by atoms with Crippen LogP contribution >= 0.6 is 0 Å². The Morgan fingerprint density at radius 1 is 0.774 bits per heavy atom. The molecule has 2 aromatic heterocycles. The summed E-state index contributed by atoms with van der Waals surface area (Å²) in [4.78, 5) is 0. The van der Waals surface area contributed by atoms with E-state index in [9.17, 15) is 0 Å². The van der Waals surface area contributed by atoms with Gasteiger partial charge in [-0.3, -0.25) is 0 Å². The molecule has 4 aliphatic rings. The lowest BCUT2D eigenvalue weighted by atomic mass is 9.48. The van der Waals surface area contributed by atoms with E-state index in [1.807, 2.05) is 0 Å². The van der Waals surface area contributed by atoms with Gasteiger partial charge in [0.25, 0.3) is 0 Å². The van der Waals surface area contributed by atoms with Crippen molar-refractivity contribution in [3.63, 3.8) is 0 Å². The van der Waals surface area contributed by atoms with Gasteiger partial charge in [0.05, 0.1) is 16.4 Å². The number of nitrogens with zero attached hydrogens (tertiary/aromatic N) is 1. The summed E-state index contributed by atoms with van der Waals surface area (Å²) >= 11 is 0. The number of furan rings is 1. The first kappa shape index (κ1) is 16.9. The van der Waals surface area contributed by atoms with E-state index in [2.05, 4.69) is 66.2 Å². The van der Waals surface area contributed by atoms with Crippen molar-refractivity contribution in [2.45, 2.75) is 43.9 Å². The minimum absolute atomic E-state index is 0.392. The first-order chi connectivity index (χ1) is 15.2. The van der Waals surface area contributed by atoms with Crippen molar-refractivity contribution in [1.29, 1.82) is 0 Å². The number of aryl methyl sites for hydroxylation is 1. The fourth-order valence-electron chi connectivity index (χ4n) is 8.41. The largest absolute Gasteiger partial charge is 0.455 e. The summed E-state index contributed by atoms with van der Waals surface area (Å²) in [5, 5.41) is 5.11. The third kappa shape index (κ3) is 2.04. The SMILES string of the molecule is Cn1c2ccc3c4ccccc4oc3c2c2cccc(C34CC5CC(CC(C5)C3)C4)c21. The zero-order chi connectivity index (χ0) is 20.3. The lowest BCUT2D eigenvalue weighted by Crippen LogP contribution is -2.48. The van der Waals surface area contributed by atoms with Gasteiger partial charge in [0.2, 0.25) is 0 Å². The average molecular weight is 406 g/mol. The van der Waals surface area contributed by atoms with Crippen LogP contribution in [0.2, 0.25) is 0 Å². The summed E-state index contributed by atoms with van der Waals surface area (Å²) in [5.41, 5.74) is 6.79. The molecule has 4 aliphatic carbocycles. The third-order valence-electron chi connectivity index (χ3n) is 9.14. The van der Waals surface area contributed by atoms with Crippen LogP contribution in [-0.4, -0.2) is 4.57 Å². The van der Waals surface area contributed by atoms with Gasteiger partial charge in [-0.2, -0.15) is 0 Å². The number of benzene rings is 3. The molecule has 0 saturated heterocycles. The Bertz CT molecular complexity index is 1500. The highest BCUT2D eigenvalue weighted by molar-refractivity contribution is 6.23. The van der Waals surface area contributed by atoms with Gasteiger partial charge in [-0.25, -0.2) is 0 Å². The molecular formula is C29H27NO. The fourth-order valence-corrected chi connectivity index (χ4v) is 8.41. The van der Waals surface area contributed by atoms with E-state index >= 15 is 0 Å². The first-order valence-electron chi connectivity index (χ1n) is 12.0. The van der Waals surface area contributed by atoms with Gasteiger partial charge >= 0.3 is 0 Å². The minimum atomic E-state index is 0.392. The molecule has 3 aromatic carbocycles. The molecule has 0 unspecified atom stereocenters. The number of hydrogen-bond acceptors (Lipinski definition) is 1. The van der Waals surface area contributed by atoms with Crippen LogP contribution in [-0.2, 0) is 12.5 Å². The molecule has 0 aliphatic heterocycles. The van der Waals surface area contributed by atoms with E-state index in [-0.39, 0.29) is 0 Å². The summed E-state index contributed by atoms with van der Waals surface area (Å²) < 4.78 is 8.93. The second-order valence-electron chi connectivity index (χ2n) is 10.9. The van der Waals surface area contributed by atoms with Crippen LogP contribution in [0.5, 0.6) is 0 Å². The molecule has 0 spiro atoms. The van der Waals surface area contributed by atoms with Crippen LogP contribution in [0, 0.1) is 17.8 Å². The summed E-state index contributed by atoms with van der Waals surface area (Å²) in [5.74, 6) is 2.87. The van der Waals surface area contributed by atoms with Crippen molar-refractivity contribution in [2.24, 2.45) is 24.8 Å². The normalized spacial score (nSPS) is 29.8. The molecule has 0 amide bonds. The Morgan fingerprint density at radius 2 is 1.48 bits per heavy atom. The molecule has 4 bridgehead atoms. The van der Waals surface area contributed by atoms with E-state index in [4.69, 9.17) is 4.42 Å². The van der Waals surface area contributed by atoms with Gasteiger partial charge in [-0.05, 0) is 85.5 Å². The second kappa shape index (κ2) is 5.54. The highest BCUT2D eigenvalue weighted by Crippen LogP contribution is 2.61. The van der Waals surface area contributed by atoms with Gasteiger partial charge in [0.15, 0.2) is 0 Å². The minimum Gasteiger partial charge on any atom is -0.455 e. The van der Waals surface area contributed by atoms with Gasteiger partial charge in [-0.15, -0.1) is 0 Å². The molecule has 154 valence electrons. The quantitative estimate of drug-likeness (QED) is 0.279. The molecule has 5 aromatic rings. The maximum atomic E-state index is 6.46. The lowest BCUT2D eigenvalue weighted by Gasteiger charge is -2.57. The number of hydrogen-bond donors (Lipinski definition) is 0. The maximum Gasteiger partial charge on any atom is 0.145 e. The Morgan fingerprint density at radius 3 is 2.26 bits per heavy atom. The van der Waals surface area contributed by atoms with Gasteiger partial charge in [0.1, 0.15) is 11.2 Å². The van der Waals surface area contributed by atoms with Crippen LogP contribution in [0.3, 0.4) is 0 Å². The van der Waals surface area contributed by atoms with Gasteiger partial charge in [0, 0.05) is 23.2 Å². The van der Waals surface area contributed by atoms with E-state index in [1.165, 1.54) is 71.1 Å². The van der Waals surface area contributed by atoms with Crippen molar-refractivity contribution in [3.8, 4) is 0 Å². The van der Waals surface area contributed by atoms with Crippen molar-refractivity contribution in [2.75, 3.05) is 0 Å². The van der Waals surface area contributed by atoms with E-state index in [1.54, 1.807) is 5.56 Å². The molecule has 0 N–H and O–H groups in total. The van der Waals surface area contributed by atoms with Crippen molar-refractivity contribution < 1.29 is 4.42 Å². The highest BCUT2D eigenvalue weighted by Gasteiger charge is 2.52.